The average molecular weight is 273 g/mol. The number of likely N-dealkylation sites (N-methyl/N-ethyl adjacent to an activating group) is 1. The maximum atomic E-state index is 11.9. The molecule has 0 bridgehead atoms. The molecule has 108 valence electrons. The second kappa shape index (κ2) is 5.09. The molecule has 4 nitrogen and oxygen atoms in total. The summed E-state index contributed by atoms with van der Waals surface area (Å²) >= 11 is 0. The van der Waals surface area contributed by atoms with Crippen molar-refractivity contribution in [1.82, 2.24) is 5.32 Å². The van der Waals surface area contributed by atoms with Crippen LogP contribution in [0.3, 0.4) is 0 Å². The van der Waals surface area contributed by atoms with E-state index in [2.05, 4.69) is 47.6 Å². The zero-order valence-electron chi connectivity index (χ0n) is 12.4. The Kier molecular flexibility index (Phi) is 3.42. The first-order valence-electron chi connectivity index (χ1n) is 7.49. The molecule has 1 saturated heterocycles. The monoisotopic (exact) mass is 273 g/mol. The summed E-state index contributed by atoms with van der Waals surface area (Å²) in [7, 11) is 1.82. The van der Waals surface area contributed by atoms with Gasteiger partial charge in [-0.1, -0.05) is 13.0 Å². The van der Waals surface area contributed by atoms with Crippen LogP contribution in [-0.2, 0) is 4.79 Å². The van der Waals surface area contributed by atoms with E-state index < -0.39 is 0 Å². The van der Waals surface area contributed by atoms with Crippen molar-refractivity contribution >= 4 is 17.3 Å². The first-order chi connectivity index (χ1) is 9.60. The zero-order valence-corrected chi connectivity index (χ0v) is 12.4. The Morgan fingerprint density at radius 1 is 1.30 bits per heavy atom. The Balaban J connectivity index is 1.90. The number of amides is 1. The van der Waals surface area contributed by atoms with Crippen LogP contribution in [0, 0.1) is 5.92 Å². The fourth-order valence-electron chi connectivity index (χ4n) is 3.36. The number of fused-ring (bicyclic) bond motifs is 1. The maximum absolute atomic E-state index is 11.9. The normalized spacial score (nSPS) is 29.2. The molecule has 0 saturated carbocycles. The van der Waals surface area contributed by atoms with Crippen molar-refractivity contribution in [1.29, 1.82) is 0 Å². The van der Waals surface area contributed by atoms with E-state index in [9.17, 15) is 4.79 Å². The molecule has 1 amide bonds. The first kappa shape index (κ1) is 13.4. The molecule has 2 aliphatic heterocycles. The Hall–Kier alpha value is -1.55. The van der Waals surface area contributed by atoms with E-state index in [1.807, 2.05) is 7.05 Å². The van der Waals surface area contributed by atoms with Crippen molar-refractivity contribution < 1.29 is 4.79 Å². The van der Waals surface area contributed by atoms with Gasteiger partial charge >= 0.3 is 0 Å². The van der Waals surface area contributed by atoms with Gasteiger partial charge in [0.2, 0.25) is 5.91 Å². The third-order valence-electron chi connectivity index (χ3n) is 4.61. The van der Waals surface area contributed by atoms with Gasteiger partial charge in [0.1, 0.15) is 6.04 Å². The van der Waals surface area contributed by atoms with Crippen LogP contribution in [0.5, 0.6) is 0 Å². The molecule has 3 atom stereocenters. The Morgan fingerprint density at radius 2 is 2.10 bits per heavy atom. The molecule has 1 aromatic rings. The quantitative estimate of drug-likeness (QED) is 0.870. The summed E-state index contributed by atoms with van der Waals surface area (Å²) in [6.45, 7) is 5.70. The highest BCUT2D eigenvalue weighted by Crippen LogP contribution is 2.36. The SMILES string of the molecule is CNC1C(=O)Nc2cc(N3CC(C)CCC3C)ccc21. The number of anilines is 2. The van der Waals surface area contributed by atoms with Gasteiger partial charge in [0.25, 0.3) is 0 Å². The molecule has 20 heavy (non-hydrogen) atoms. The topological polar surface area (TPSA) is 44.4 Å². The van der Waals surface area contributed by atoms with Crippen LogP contribution in [0.2, 0.25) is 0 Å². The highest BCUT2D eigenvalue weighted by atomic mass is 16.2. The van der Waals surface area contributed by atoms with Crippen molar-refractivity contribution in [2.75, 3.05) is 23.8 Å². The summed E-state index contributed by atoms with van der Waals surface area (Å²) in [4.78, 5) is 14.3. The summed E-state index contributed by atoms with van der Waals surface area (Å²) < 4.78 is 0. The molecule has 2 heterocycles. The van der Waals surface area contributed by atoms with Gasteiger partial charge < -0.3 is 15.5 Å². The van der Waals surface area contributed by atoms with Gasteiger partial charge in [0, 0.05) is 29.5 Å². The number of piperidine rings is 1. The number of carbonyl (C=O) groups is 1. The molecule has 3 rings (SSSR count). The van der Waals surface area contributed by atoms with E-state index >= 15 is 0 Å². The lowest BCUT2D eigenvalue weighted by atomic mass is 9.94. The molecule has 2 aliphatic rings. The second-order valence-electron chi connectivity index (χ2n) is 6.17. The third kappa shape index (κ3) is 2.18. The molecule has 1 fully saturated rings. The predicted octanol–water partition coefficient (Wildman–Crippen LogP) is 2.52. The van der Waals surface area contributed by atoms with Crippen LogP contribution in [0.25, 0.3) is 0 Å². The summed E-state index contributed by atoms with van der Waals surface area (Å²) in [6.07, 6.45) is 2.55. The summed E-state index contributed by atoms with van der Waals surface area (Å²) in [5, 5.41) is 6.03. The molecular formula is C16H23N3O. The number of rotatable bonds is 2. The van der Waals surface area contributed by atoms with Crippen molar-refractivity contribution in [2.45, 2.75) is 38.8 Å². The molecule has 0 spiro atoms. The third-order valence-corrected chi connectivity index (χ3v) is 4.61. The van der Waals surface area contributed by atoms with E-state index in [-0.39, 0.29) is 11.9 Å². The van der Waals surface area contributed by atoms with Gasteiger partial charge in [-0.3, -0.25) is 4.79 Å². The molecule has 3 unspecified atom stereocenters. The van der Waals surface area contributed by atoms with Crippen LogP contribution in [0.1, 0.15) is 38.3 Å². The number of carbonyl (C=O) groups excluding carboxylic acids is 1. The van der Waals surface area contributed by atoms with Crippen molar-refractivity contribution in [3.05, 3.63) is 23.8 Å². The van der Waals surface area contributed by atoms with Gasteiger partial charge in [-0.05, 0) is 44.9 Å². The van der Waals surface area contributed by atoms with E-state index in [0.717, 1.165) is 23.7 Å². The highest BCUT2D eigenvalue weighted by Gasteiger charge is 2.30. The Morgan fingerprint density at radius 3 is 2.85 bits per heavy atom. The van der Waals surface area contributed by atoms with E-state index in [4.69, 9.17) is 0 Å². The van der Waals surface area contributed by atoms with Gasteiger partial charge in [0.05, 0.1) is 0 Å². The molecule has 0 aliphatic carbocycles. The number of nitrogens with one attached hydrogen (secondary N) is 2. The zero-order chi connectivity index (χ0) is 14.3. The predicted molar refractivity (Wildman–Crippen MR) is 82.1 cm³/mol. The molecule has 2 N–H and O–H groups in total. The molecule has 0 radical (unpaired) electrons. The lowest BCUT2D eigenvalue weighted by Gasteiger charge is -2.38. The second-order valence-corrected chi connectivity index (χ2v) is 6.17. The highest BCUT2D eigenvalue weighted by molar-refractivity contribution is 6.03. The van der Waals surface area contributed by atoms with Crippen LogP contribution in [0.15, 0.2) is 18.2 Å². The van der Waals surface area contributed by atoms with E-state index in [1.54, 1.807) is 0 Å². The lowest BCUT2D eigenvalue weighted by molar-refractivity contribution is -0.117. The minimum absolute atomic E-state index is 0.0414. The lowest BCUT2D eigenvalue weighted by Crippen LogP contribution is -2.41. The standard InChI is InChI=1S/C16H23N3O/c1-10-4-5-11(2)19(9-10)12-6-7-13-14(8-12)18-16(20)15(13)17-3/h6-8,10-11,15,17H,4-5,9H2,1-3H3,(H,18,20). The minimum atomic E-state index is -0.211. The Labute approximate surface area is 120 Å². The van der Waals surface area contributed by atoms with E-state index in [0.29, 0.717) is 6.04 Å². The number of hydrogen-bond donors (Lipinski definition) is 2. The van der Waals surface area contributed by atoms with Gasteiger partial charge in [-0.15, -0.1) is 0 Å². The van der Waals surface area contributed by atoms with Crippen molar-refractivity contribution in [2.24, 2.45) is 5.92 Å². The fourth-order valence-corrected chi connectivity index (χ4v) is 3.36. The first-order valence-corrected chi connectivity index (χ1v) is 7.49. The summed E-state index contributed by atoms with van der Waals surface area (Å²) in [6, 6.07) is 6.71. The largest absolute Gasteiger partial charge is 0.368 e. The maximum Gasteiger partial charge on any atom is 0.246 e. The average Bonchev–Trinajstić information content (AvgIpc) is 2.75. The smallest absolute Gasteiger partial charge is 0.246 e. The number of benzene rings is 1. The van der Waals surface area contributed by atoms with Crippen LogP contribution >= 0.6 is 0 Å². The van der Waals surface area contributed by atoms with Gasteiger partial charge in [0.15, 0.2) is 0 Å². The number of nitrogens with zero attached hydrogens (tertiary/aromatic N) is 1. The van der Waals surface area contributed by atoms with Crippen molar-refractivity contribution in [3.8, 4) is 0 Å². The van der Waals surface area contributed by atoms with Crippen LogP contribution < -0.4 is 15.5 Å². The molecular weight excluding hydrogens is 250 g/mol. The summed E-state index contributed by atoms with van der Waals surface area (Å²) in [5.74, 6) is 0.777. The fraction of sp³-hybridized carbons (Fsp3) is 0.562. The molecule has 0 aromatic heterocycles. The minimum Gasteiger partial charge on any atom is -0.368 e. The number of hydrogen-bond acceptors (Lipinski definition) is 3. The van der Waals surface area contributed by atoms with E-state index in [1.165, 1.54) is 18.5 Å². The molecule has 4 heteroatoms. The Bertz CT molecular complexity index is 528. The van der Waals surface area contributed by atoms with Crippen LogP contribution in [0.4, 0.5) is 11.4 Å². The van der Waals surface area contributed by atoms with Gasteiger partial charge in [-0.25, -0.2) is 0 Å². The van der Waals surface area contributed by atoms with Crippen LogP contribution in [-0.4, -0.2) is 25.5 Å². The van der Waals surface area contributed by atoms with Gasteiger partial charge in [-0.2, -0.15) is 0 Å². The summed E-state index contributed by atoms with van der Waals surface area (Å²) in [5.41, 5.74) is 3.23. The molecule has 1 aromatic carbocycles. The van der Waals surface area contributed by atoms with Crippen molar-refractivity contribution in [3.63, 3.8) is 0 Å².